The Hall–Kier alpha value is 0.650. The number of halogens is 1. The van der Waals surface area contributed by atoms with Gasteiger partial charge in [0.2, 0.25) is 0 Å². The minimum absolute atomic E-state index is 0.0593. The Morgan fingerprint density at radius 1 is 0.812 bits per heavy atom. The molecule has 2 aliphatic rings. The van der Waals surface area contributed by atoms with E-state index >= 15 is 0 Å². The van der Waals surface area contributed by atoms with Gasteiger partial charge < -0.3 is 4.74 Å². The monoisotopic (exact) mass is 338 g/mol. The fourth-order valence-electron chi connectivity index (χ4n) is 3.00. The molecule has 0 heterocycles. The zero-order valence-corrected chi connectivity index (χ0v) is 12.2. The summed E-state index contributed by atoms with van der Waals surface area (Å²) in [6.45, 7) is 0. The zero-order chi connectivity index (χ0) is 11.2. The Bertz CT molecular complexity index is 186. The van der Waals surface area contributed by atoms with E-state index in [0.717, 1.165) is 0 Å². The molecule has 0 amide bonds. The first-order valence-electron chi connectivity index (χ1n) is 6.83. The van der Waals surface area contributed by atoms with Crippen LogP contribution in [0.1, 0.15) is 64.2 Å². The van der Waals surface area contributed by atoms with E-state index in [1.807, 2.05) is 23.0 Å². The van der Waals surface area contributed by atoms with Crippen molar-refractivity contribution < 1.29 is 7.80 Å². The summed E-state index contributed by atoms with van der Waals surface area (Å²) in [4.78, 5) is 0. The Labute approximate surface area is 113 Å². The predicted octanol–water partition coefficient (Wildman–Crippen LogP) is 4.61. The first-order valence-corrected chi connectivity index (χ1v) is 7.71. The van der Waals surface area contributed by atoms with Crippen molar-refractivity contribution >= 4 is 23.0 Å². The lowest BCUT2D eigenvalue weighted by molar-refractivity contribution is -0.144. The molecule has 2 aliphatic carbocycles. The van der Waals surface area contributed by atoms with Gasteiger partial charge in [0.25, 0.3) is 0 Å². The molecule has 1 unspecified atom stereocenters. The second-order valence-electron chi connectivity index (χ2n) is 5.25. The van der Waals surface area contributed by atoms with Crippen molar-refractivity contribution in [2.45, 2.75) is 76.6 Å². The lowest BCUT2D eigenvalue weighted by Gasteiger charge is -2.32. The number of ether oxygens (including phenoxy) is 1. The lowest BCUT2D eigenvalue weighted by atomic mass is 9.88. The molecule has 0 spiro atoms. The van der Waals surface area contributed by atoms with Crippen LogP contribution in [-0.2, 0) is 7.80 Å². The van der Waals surface area contributed by atoms with Crippen LogP contribution in [0.25, 0.3) is 0 Å². The van der Waals surface area contributed by atoms with Gasteiger partial charge in [0.1, 0.15) is 23.0 Å². The molecule has 0 aliphatic heterocycles. The molecule has 16 heavy (non-hydrogen) atoms. The van der Waals surface area contributed by atoms with Crippen LogP contribution in [0.3, 0.4) is 0 Å². The second-order valence-corrected chi connectivity index (χ2v) is 5.76. The fraction of sp³-hybridized carbons (Fsp3) is 1.00. The standard InChI is InChI=1S/C13H23IO2/c14-16-13(11-7-3-1-4-8-11)15-12-9-5-2-6-10-12/h11-13H,1-10H2. The van der Waals surface area contributed by atoms with Gasteiger partial charge in [-0.25, -0.2) is 0 Å². The molecule has 0 N–H and O–H groups in total. The predicted molar refractivity (Wildman–Crippen MR) is 73.4 cm³/mol. The molecule has 2 saturated carbocycles. The van der Waals surface area contributed by atoms with Crippen LogP contribution in [-0.4, -0.2) is 12.4 Å². The Morgan fingerprint density at radius 2 is 1.38 bits per heavy atom. The molecule has 2 fully saturated rings. The van der Waals surface area contributed by atoms with E-state index in [4.69, 9.17) is 7.80 Å². The summed E-state index contributed by atoms with van der Waals surface area (Å²) in [5.74, 6) is 0.646. The lowest BCUT2D eigenvalue weighted by Crippen LogP contribution is -2.31. The highest BCUT2D eigenvalue weighted by molar-refractivity contribution is 14.1. The van der Waals surface area contributed by atoms with Crippen LogP contribution < -0.4 is 0 Å². The van der Waals surface area contributed by atoms with Crippen LogP contribution in [0.5, 0.6) is 0 Å². The van der Waals surface area contributed by atoms with Gasteiger partial charge in [-0.2, -0.15) is 0 Å². The molecule has 0 radical (unpaired) electrons. The summed E-state index contributed by atoms with van der Waals surface area (Å²) in [5.41, 5.74) is 0. The molecule has 0 aromatic carbocycles. The Kier molecular flexibility index (Phi) is 5.86. The minimum atomic E-state index is 0.0593. The van der Waals surface area contributed by atoms with Gasteiger partial charge in [-0.15, -0.1) is 0 Å². The van der Waals surface area contributed by atoms with Gasteiger partial charge in [0.15, 0.2) is 6.29 Å². The van der Waals surface area contributed by atoms with Crippen molar-refractivity contribution in [3.8, 4) is 0 Å². The SMILES string of the molecule is IOC(OC1CCCCC1)C1CCCCC1. The molecule has 2 nitrogen and oxygen atoms in total. The summed E-state index contributed by atoms with van der Waals surface area (Å²) < 4.78 is 11.7. The molecule has 3 heteroatoms. The van der Waals surface area contributed by atoms with E-state index in [2.05, 4.69) is 0 Å². The maximum Gasteiger partial charge on any atom is 0.171 e. The van der Waals surface area contributed by atoms with E-state index in [1.54, 1.807) is 0 Å². The minimum Gasteiger partial charge on any atom is -0.348 e. The Morgan fingerprint density at radius 3 is 1.94 bits per heavy atom. The number of hydrogen-bond acceptors (Lipinski definition) is 2. The average Bonchev–Trinajstić information content (AvgIpc) is 2.38. The average molecular weight is 338 g/mol. The summed E-state index contributed by atoms with van der Waals surface area (Å²) in [5, 5.41) is 0. The summed E-state index contributed by atoms with van der Waals surface area (Å²) >= 11 is 2.02. The van der Waals surface area contributed by atoms with Crippen molar-refractivity contribution in [1.29, 1.82) is 0 Å². The third-order valence-corrected chi connectivity index (χ3v) is 4.50. The first-order chi connectivity index (χ1) is 7.90. The summed E-state index contributed by atoms with van der Waals surface area (Å²) in [6, 6.07) is 0. The van der Waals surface area contributed by atoms with Crippen molar-refractivity contribution in [3.05, 3.63) is 0 Å². The zero-order valence-electron chi connectivity index (χ0n) is 10.00. The van der Waals surface area contributed by atoms with Crippen LogP contribution in [0.2, 0.25) is 0 Å². The van der Waals surface area contributed by atoms with Crippen LogP contribution in [0.15, 0.2) is 0 Å². The van der Waals surface area contributed by atoms with Crippen LogP contribution in [0, 0.1) is 5.92 Å². The van der Waals surface area contributed by atoms with Crippen molar-refractivity contribution in [2.75, 3.05) is 0 Å². The summed E-state index contributed by atoms with van der Waals surface area (Å²) in [6.07, 6.45) is 13.8. The highest BCUT2D eigenvalue weighted by atomic mass is 127. The van der Waals surface area contributed by atoms with E-state index in [0.29, 0.717) is 12.0 Å². The molecule has 2 rings (SSSR count). The van der Waals surface area contributed by atoms with Gasteiger partial charge in [-0.3, -0.25) is 3.07 Å². The second kappa shape index (κ2) is 7.17. The topological polar surface area (TPSA) is 18.5 Å². The van der Waals surface area contributed by atoms with Gasteiger partial charge >= 0.3 is 0 Å². The highest BCUT2D eigenvalue weighted by Gasteiger charge is 2.28. The van der Waals surface area contributed by atoms with Crippen molar-refractivity contribution in [3.63, 3.8) is 0 Å². The molecule has 0 bridgehead atoms. The van der Waals surface area contributed by atoms with Crippen molar-refractivity contribution in [2.24, 2.45) is 5.92 Å². The largest absolute Gasteiger partial charge is 0.348 e. The van der Waals surface area contributed by atoms with Gasteiger partial charge in [-0.1, -0.05) is 38.5 Å². The molecule has 0 aromatic heterocycles. The van der Waals surface area contributed by atoms with E-state index in [-0.39, 0.29) is 6.29 Å². The Balaban J connectivity index is 1.78. The smallest absolute Gasteiger partial charge is 0.171 e. The molecule has 0 aromatic rings. The maximum absolute atomic E-state index is 6.15. The molecular weight excluding hydrogens is 315 g/mol. The van der Waals surface area contributed by atoms with Gasteiger partial charge in [-0.05, 0) is 25.7 Å². The molecule has 94 valence electrons. The molecule has 1 atom stereocenters. The molecule has 0 saturated heterocycles. The van der Waals surface area contributed by atoms with Crippen LogP contribution >= 0.6 is 23.0 Å². The normalized spacial score (nSPS) is 26.8. The van der Waals surface area contributed by atoms with E-state index in [1.165, 1.54) is 64.2 Å². The fourth-order valence-corrected chi connectivity index (χ4v) is 3.54. The first kappa shape index (κ1) is 13.1. The van der Waals surface area contributed by atoms with E-state index in [9.17, 15) is 0 Å². The summed E-state index contributed by atoms with van der Waals surface area (Å²) in [7, 11) is 0. The van der Waals surface area contributed by atoms with E-state index < -0.39 is 0 Å². The van der Waals surface area contributed by atoms with Crippen LogP contribution in [0.4, 0.5) is 0 Å². The van der Waals surface area contributed by atoms with Gasteiger partial charge in [0, 0.05) is 5.92 Å². The third-order valence-electron chi connectivity index (χ3n) is 4.00. The maximum atomic E-state index is 6.15. The quantitative estimate of drug-likeness (QED) is 0.551. The number of hydrogen-bond donors (Lipinski definition) is 0. The molecular formula is C13H23IO2. The highest BCUT2D eigenvalue weighted by Crippen LogP contribution is 2.32. The van der Waals surface area contributed by atoms with Gasteiger partial charge in [0.05, 0.1) is 6.10 Å². The third kappa shape index (κ3) is 3.84. The van der Waals surface area contributed by atoms with Crippen molar-refractivity contribution in [1.82, 2.24) is 0 Å². The number of rotatable bonds is 4.